The fourth-order valence-electron chi connectivity index (χ4n) is 3.42. The first kappa shape index (κ1) is 9.87. The van der Waals surface area contributed by atoms with Crippen molar-refractivity contribution in [2.45, 2.75) is 24.0 Å². The number of ether oxygens (including phenoxy) is 2. The summed E-state index contributed by atoms with van der Waals surface area (Å²) in [6.07, 6.45) is 1.26. The minimum atomic E-state index is -1.01. The highest BCUT2D eigenvalue weighted by molar-refractivity contribution is 6.21. The molecule has 0 unspecified atom stereocenters. The summed E-state index contributed by atoms with van der Waals surface area (Å²) in [6.45, 7) is 1.10. The highest BCUT2D eigenvalue weighted by Gasteiger charge is 2.63. The molecule has 15 heavy (non-hydrogen) atoms. The molecule has 3 fully saturated rings. The molecule has 1 saturated heterocycles. The van der Waals surface area contributed by atoms with Crippen molar-refractivity contribution in [2.75, 3.05) is 13.2 Å². The molecule has 4 atom stereocenters. The molecule has 2 aliphatic carbocycles. The van der Waals surface area contributed by atoms with Crippen LogP contribution in [0.4, 0.5) is 0 Å². The Bertz CT molecular complexity index is 300. The molecule has 5 heteroatoms. The van der Waals surface area contributed by atoms with E-state index in [1.54, 1.807) is 0 Å². The lowest BCUT2D eigenvalue weighted by Gasteiger charge is -2.33. The van der Waals surface area contributed by atoms with E-state index in [4.69, 9.17) is 21.1 Å². The molecule has 4 nitrogen and oxygen atoms in total. The quantitative estimate of drug-likeness (QED) is 0.584. The second kappa shape index (κ2) is 3.09. The van der Waals surface area contributed by atoms with Gasteiger partial charge in [-0.2, -0.15) is 0 Å². The Morgan fingerprint density at radius 2 is 2.07 bits per heavy atom. The molecule has 0 radical (unpaired) electrons. The van der Waals surface area contributed by atoms with E-state index < -0.39 is 17.7 Å². The first-order chi connectivity index (χ1) is 7.14. The van der Waals surface area contributed by atoms with Gasteiger partial charge in [0.25, 0.3) is 0 Å². The summed E-state index contributed by atoms with van der Waals surface area (Å²) < 4.78 is 11.2. The van der Waals surface area contributed by atoms with E-state index >= 15 is 0 Å². The van der Waals surface area contributed by atoms with Crippen LogP contribution < -0.4 is 5.11 Å². The zero-order chi connectivity index (χ0) is 10.6. The van der Waals surface area contributed by atoms with Crippen LogP contribution in [0.25, 0.3) is 0 Å². The van der Waals surface area contributed by atoms with Crippen molar-refractivity contribution in [3.63, 3.8) is 0 Å². The number of carboxylic acid groups (broad SMARTS) is 1. The second-order valence-electron chi connectivity index (χ2n) is 4.58. The predicted molar refractivity (Wildman–Crippen MR) is 49.0 cm³/mol. The maximum absolute atomic E-state index is 11.1. The third-order valence-electron chi connectivity index (χ3n) is 3.97. The molecule has 0 aromatic rings. The van der Waals surface area contributed by atoms with Crippen molar-refractivity contribution in [2.24, 2.45) is 17.8 Å². The van der Waals surface area contributed by atoms with Gasteiger partial charge in [0.2, 0.25) is 0 Å². The Kier molecular flexibility index (Phi) is 2.03. The van der Waals surface area contributed by atoms with Gasteiger partial charge in [-0.25, -0.2) is 0 Å². The summed E-state index contributed by atoms with van der Waals surface area (Å²) in [5.41, 5.74) is 0. The van der Waals surface area contributed by atoms with Crippen LogP contribution in [0.15, 0.2) is 0 Å². The summed E-state index contributed by atoms with van der Waals surface area (Å²) in [5, 5.41) is 11.0. The number of carbonyl (C=O) groups excluding carboxylic acids is 1. The largest absolute Gasteiger partial charge is 0.550 e. The van der Waals surface area contributed by atoms with Crippen molar-refractivity contribution in [3.8, 4) is 0 Å². The minimum Gasteiger partial charge on any atom is -0.550 e. The second-order valence-corrected chi connectivity index (χ2v) is 5.14. The smallest absolute Gasteiger partial charge is 0.172 e. The molecule has 2 saturated carbocycles. The molecule has 1 heterocycles. The number of carbonyl (C=O) groups is 1. The summed E-state index contributed by atoms with van der Waals surface area (Å²) in [4.78, 5) is 11.1. The van der Waals surface area contributed by atoms with Gasteiger partial charge in [0.05, 0.1) is 13.2 Å². The van der Waals surface area contributed by atoms with Gasteiger partial charge in [-0.05, 0) is 12.3 Å². The van der Waals surface area contributed by atoms with Crippen LogP contribution in [0.5, 0.6) is 0 Å². The van der Waals surface area contributed by atoms with E-state index in [2.05, 4.69) is 0 Å². The van der Waals surface area contributed by atoms with Crippen molar-refractivity contribution in [1.82, 2.24) is 0 Å². The molecular formula is C10H12ClO4-. The first-order valence-electron chi connectivity index (χ1n) is 5.27. The third kappa shape index (κ3) is 1.19. The van der Waals surface area contributed by atoms with E-state index in [1.807, 2.05) is 0 Å². The molecule has 3 aliphatic rings. The average Bonchev–Trinajstić information content (AvgIpc) is 2.81. The van der Waals surface area contributed by atoms with Gasteiger partial charge < -0.3 is 19.4 Å². The van der Waals surface area contributed by atoms with Gasteiger partial charge in [0.15, 0.2) is 5.79 Å². The minimum absolute atomic E-state index is 0.0558. The highest BCUT2D eigenvalue weighted by atomic mass is 35.5. The predicted octanol–water partition coefficient (Wildman–Crippen LogP) is -0.257. The van der Waals surface area contributed by atoms with Crippen LogP contribution in [0.3, 0.4) is 0 Å². The maximum atomic E-state index is 11.1. The SMILES string of the molecule is O=C([O-])[C@@H]1[C@H]2CC3(OCCO3)[C@@H]1C[C@@H]2Cl. The molecule has 0 aromatic carbocycles. The molecule has 1 spiro atoms. The van der Waals surface area contributed by atoms with E-state index in [0.29, 0.717) is 26.1 Å². The zero-order valence-corrected chi connectivity index (χ0v) is 8.90. The van der Waals surface area contributed by atoms with Gasteiger partial charge in [0, 0.05) is 29.6 Å². The number of hydrogen-bond acceptors (Lipinski definition) is 4. The fourth-order valence-corrected chi connectivity index (χ4v) is 3.85. The monoisotopic (exact) mass is 231 g/mol. The molecule has 0 amide bonds. The standard InChI is InChI=1S/C10H13ClO4/c11-7-3-6-8(9(12)13)5(7)4-10(6)14-1-2-15-10/h5-8H,1-4H2,(H,12,13)/p-1/t5-,6+,7-,8+/m0/s1. The van der Waals surface area contributed by atoms with Gasteiger partial charge in [-0.3, -0.25) is 0 Å². The van der Waals surface area contributed by atoms with Crippen molar-refractivity contribution < 1.29 is 19.4 Å². The van der Waals surface area contributed by atoms with E-state index in [0.717, 1.165) is 0 Å². The van der Waals surface area contributed by atoms with Crippen LogP contribution in [-0.4, -0.2) is 30.3 Å². The van der Waals surface area contributed by atoms with E-state index in [1.165, 1.54) is 0 Å². The molecule has 84 valence electrons. The Balaban J connectivity index is 1.92. The van der Waals surface area contributed by atoms with Gasteiger partial charge in [0.1, 0.15) is 0 Å². The fraction of sp³-hybridized carbons (Fsp3) is 0.900. The topological polar surface area (TPSA) is 58.6 Å². The number of fused-ring (bicyclic) bond motifs is 3. The lowest BCUT2D eigenvalue weighted by atomic mass is 9.93. The maximum Gasteiger partial charge on any atom is 0.172 e. The van der Waals surface area contributed by atoms with Crippen LogP contribution in [0.1, 0.15) is 12.8 Å². The number of rotatable bonds is 1. The van der Waals surface area contributed by atoms with Crippen LogP contribution in [0, 0.1) is 17.8 Å². The number of halogens is 1. The molecule has 0 N–H and O–H groups in total. The average molecular weight is 232 g/mol. The summed E-state index contributed by atoms with van der Waals surface area (Å²) in [5.74, 6) is -2.35. The third-order valence-corrected chi connectivity index (χ3v) is 4.47. The van der Waals surface area contributed by atoms with Crippen molar-refractivity contribution in [1.29, 1.82) is 0 Å². The molecule has 2 bridgehead atoms. The summed E-state index contributed by atoms with van der Waals surface area (Å²) in [6, 6.07) is 0. The number of carboxylic acids is 1. The summed E-state index contributed by atoms with van der Waals surface area (Å²) >= 11 is 6.11. The number of aliphatic carboxylic acids is 1. The van der Waals surface area contributed by atoms with Crippen molar-refractivity contribution >= 4 is 17.6 Å². The van der Waals surface area contributed by atoms with Crippen LogP contribution in [0.2, 0.25) is 0 Å². The lowest BCUT2D eigenvalue weighted by Crippen LogP contribution is -2.41. The van der Waals surface area contributed by atoms with Gasteiger partial charge in [-0.15, -0.1) is 11.6 Å². The van der Waals surface area contributed by atoms with Gasteiger partial charge in [-0.1, -0.05) is 0 Å². The van der Waals surface area contributed by atoms with Crippen LogP contribution in [-0.2, 0) is 14.3 Å². The number of hydrogen-bond donors (Lipinski definition) is 0. The Morgan fingerprint density at radius 3 is 2.60 bits per heavy atom. The van der Waals surface area contributed by atoms with E-state index in [9.17, 15) is 9.90 Å². The Morgan fingerprint density at radius 1 is 1.40 bits per heavy atom. The highest BCUT2D eigenvalue weighted by Crippen LogP contribution is 2.59. The van der Waals surface area contributed by atoms with Crippen molar-refractivity contribution in [3.05, 3.63) is 0 Å². The van der Waals surface area contributed by atoms with E-state index in [-0.39, 0.29) is 17.2 Å². The molecule has 1 aliphatic heterocycles. The molecule has 3 rings (SSSR count). The van der Waals surface area contributed by atoms with Gasteiger partial charge >= 0.3 is 0 Å². The Hall–Kier alpha value is -0.320. The Labute approximate surface area is 92.5 Å². The summed E-state index contributed by atoms with van der Waals surface area (Å²) in [7, 11) is 0. The zero-order valence-electron chi connectivity index (χ0n) is 8.15. The molecular weight excluding hydrogens is 220 g/mol. The van der Waals surface area contributed by atoms with Crippen LogP contribution >= 0.6 is 11.6 Å². The first-order valence-corrected chi connectivity index (χ1v) is 5.70. The molecule has 0 aromatic heterocycles. The lowest BCUT2D eigenvalue weighted by molar-refractivity contribution is -0.315. The number of alkyl halides is 1. The normalized spacial score (nSPS) is 46.5.